The highest BCUT2D eigenvalue weighted by molar-refractivity contribution is 5.97. The highest BCUT2D eigenvalue weighted by Gasteiger charge is 2.14. The predicted molar refractivity (Wildman–Crippen MR) is 81.3 cm³/mol. The van der Waals surface area contributed by atoms with Gasteiger partial charge in [-0.2, -0.15) is 0 Å². The average Bonchev–Trinajstić information content (AvgIpc) is 3.00. The van der Waals surface area contributed by atoms with Crippen LogP contribution in [-0.2, 0) is 12.8 Å². The molecule has 0 atom stereocenters. The fourth-order valence-electron chi connectivity index (χ4n) is 2.67. The molecule has 0 fully saturated rings. The van der Waals surface area contributed by atoms with E-state index in [1.807, 2.05) is 30.3 Å². The second-order valence-electron chi connectivity index (χ2n) is 5.23. The van der Waals surface area contributed by atoms with Crippen molar-refractivity contribution in [2.75, 3.05) is 13.7 Å². The van der Waals surface area contributed by atoms with Gasteiger partial charge in [0.25, 0.3) is 0 Å². The highest BCUT2D eigenvalue weighted by Crippen LogP contribution is 2.23. The second kappa shape index (κ2) is 6.00. The van der Waals surface area contributed by atoms with Crippen LogP contribution in [0.1, 0.15) is 27.9 Å². The van der Waals surface area contributed by atoms with Crippen LogP contribution in [0.15, 0.2) is 42.5 Å². The van der Waals surface area contributed by atoms with Gasteiger partial charge in [0, 0.05) is 11.6 Å². The third kappa shape index (κ3) is 3.07. The monoisotopic (exact) mass is 282 g/mol. The van der Waals surface area contributed by atoms with E-state index in [0.717, 1.165) is 24.2 Å². The largest absolute Gasteiger partial charge is 0.497 e. The number of benzene rings is 2. The van der Waals surface area contributed by atoms with Crippen molar-refractivity contribution in [2.24, 2.45) is 0 Å². The van der Waals surface area contributed by atoms with Crippen LogP contribution in [-0.4, -0.2) is 19.5 Å². The Hall–Kier alpha value is -2.29. The molecule has 0 unspecified atom stereocenters. The second-order valence-corrected chi connectivity index (χ2v) is 5.23. The van der Waals surface area contributed by atoms with Crippen LogP contribution in [0.3, 0.4) is 0 Å². The van der Waals surface area contributed by atoms with Crippen molar-refractivity contribution >= 4 is 5.78 Å². The number of rotatable bonds is 5. The van der Waals surface area contributed by atoms with Crippen LogP contribution in [0.4, 0.5) is 0 Å². The number of fused-ring (bicyclic) bond motifs is 1. The number of Topliss-reactive ketones (excluding diaryl/α,β-unsaturated/α-hetero) is 1. The molecule has 3 nitrogen and oxygen atoms in total. The van der Waals surface area contributed by atoms with Crippen molar-refractivity contribution in [3.63, 3.8) is 0 Å². The first kappa shape index (κ1) is 13.7. The Labute approximate surface area is 124 Å². The molecule has 0 bridgehead atoms. The number of carbonyl (C=O) groups excluding carboxylic acids is 1. The number of aryl methyl sites for hydroxylation is 2. The van der Waals surface area contributed by atoms with E-state index in [2.05, 4.69) is 6.07 Å². The predicted octanol–water partition coefficient (Wildman–Crippen LogP) is 3.45. The molecule has 0 saturated carbocycles. The molecule has 0 saturated heterocycles. The molecule has 0 amide bonds. The van der Waals surface area contributed by atoms with Gasteiger partial charge in [0.05, 0.1) is 7.11 Å². The third-order valence-electron chi connectivity index (χ3n) is 3.83. The summed E-state index contributed by atoms with van der Waals surface area (Å²) in [5.41, 5.74) is 3.42. The van der Waals surface area contributed by atoms with Crippen LogP contribution >= 0.6 is 0 Å². The molecule has 0 radical (unpaired) electrons. The lowest BCUT2D eigenvalue weighted by atomic mass is 10.0. The minimum atomic E-state index is 0.00696. The molecule has 3 heteroatoms. The van der Waals surface area contributed by atoms with Crippen LogP contribution in [0.2, 0.25) is 0 Å². The van der Waals surface area contributed by atoms with Gasteiger partial charge in [-0.3, -0.25) is 4.79 Å². The molecular formula is C18H18O3. The quantitative estimate of drug-likeness (QED) is 0.788. The van der Waals surface area contributed by atoms with Gasteiger partial charge in [0.1, 0.15) is 11.5 Å². The van der Waals surface area contributed by atoms with Crippen molar-refractivity contribution in [2.45, 2.75) is 19.3 Å². The molecule has 0 aliphatic heterocycles. The Bertz CT molecular complexity index is 661. The molecule has 2 aromatic carbocycles. The summed E-state index contributed by atoms with van der Waals surface area (Å²) in [4.78, 5) is 12.2. The molecule has 3 rings (SSSR count). The molecule has 2 aromatic rings. The smallest absolute Gasteiger partial charge is 0.200 e. The molecule has 1 aliphatic carbocycles. The van der Waals surface area contributed by atoms with E-state index in [9.17, 15) is 4.79 Å². The van der Waals surface area contributed by atoms with Crippen LogP contribution in [0.25, 0.3) is 0 Å². The van der Waals surface area contributed by atoms with E-state index in [1.54, 1.807) is 13.2 Å². The molecule has 0 spiro atoms. The van der Waals surface area contributed by atoms with Gasteiger partial charge in [-0.25, -0.2) is 0 Å². The summed E-state index contributed by atoms with van der Waals surface area (Å²) in [5.74, 6) is 1.37. The Kier molecular flexibility index (Phi) is 3.91. The van der Waals surface area contributed by atoms with Gasteiger partial charge < -0.3 is 9.47 Å². The zero-order valence-corrected chi connectivity index (χ0v) is 12.1. The van der Waals surface area contributed by atoms with E-state index in [4.69, 9.17) is 9.47 Å². The Morgan fingerprint density at radius 1 is 1.05 bits per heavy atom. The normalized spacial score (nSPS) is 12.8. The molecule has 0 N–H and O–H groups in total. The number of hydrogen-bond donors (Lipinski definition) is 0. The maximum atomic E-state index is 12.2. The van der Waals surface area contributed by atoms with Gasteiger partial charge in [-0.1, -0.05) is 18.2 Å². The summed E-state index contributed by atoms with van der Waals surface area (Å²) in [5, 5.41) is 0. The summed E-state index contributed by atoms with van der Waals surface area (Å²) in [7, 11) is 1.61. The van der Waals surface area contributed by atoms with Crippen molar-refractivity contribution < 1.29 is 14.3 Å². The Morgan fingerprint density at radius 3 is 2.71 bits per heavy atom. The lowest BCUT2D eigenvalue weighted by Crippen LogP contribution is -2.12. The van der Waals surface area contributed by atoms with E-state index in [0.29, 0.717) is 5.75 Å². The van der Waals surface area contributed by atoms with E-state index >= 15 is 0 Å². The fourth-order valence-corrected chi connectivity index (χ4v) is 2.67. The molecular weight excluding hydrogens is 264 g/mol. The lowest BCUT2D eigenvalue weighted by molar-refractivity contribution is 0.0921. The van der Waals surface area contributed by atoms with Crippen LogP contribution in [0, 0.1) is 0 Å². The van der Waals surface area contributed by atoms with Crippen molar-refractivity contribution in [1.82, 2.24) is 0 Å². The van der Waals surface area contributed by atoms with Gasteiger partial charge in [0.15, 0.2) is 12.4 Å². The molecule has 0 aromatic heterocycles. The fraction of sp³-hybridized carbons (Fsp3) is 0.278. The van der Waals surface area contributed by atoms with Gasteiger partial charge in [-0.05, 0) is 48.6 Å². The number of ether oxygens (including phenoxy) is 2. The van der Waals surface area contributed by atoms with Crippen molar-refractivity contribution in [3.05, 3.63) is 59.2 Å². The number of carbonyl (C=O) groups is 1. The van der Waals surface area contributed by atoms with Gasteiger partial charge in [0.2, 0.25) is 0 Å². The minimum Gasteiger partial charge on any atom is -0.497 e. The average molecular weight is 282 g/mol. The first-order chi connectivity index (χ1) is 10.3. The van der Waals surface area contributed by atoms with Crippen molar-refractivity contribution in [3.8, 4) is 11.5 Å². The Morgan fingerprint density at radius 2 is 1.86 bits per heavy atom. The van der Waals surface area contributed by atoms with E-state index < -0.39 is 0 Å². The molecule has 108 valence electrons. The summed E-state index contributed by atoms with van der Waals surface area (Å²) in [6, 6.07) is 13.3. The Balaban J connectivity index is 1.66. The number of methoxy groups -OCH3 is 1. The summed E-state index contributed by atoms with van der Waals surface area (Å²) >= 11 is 0. The number of hydrogen-bond acceptors (Lipinski definition) is 3. The van der Waals surface area contributed by atoms with Crippen LogP contribution < -0.4 is 9.47 Å². The summed E-state index contributed by atoms with van der Waals surface area (Å²) in [6.45, 7) is 0.0476. The standard InChI is InChI=1S/C18H18O3/c1-20-16-6-3-7-17(11-16)21-12-18(19)15-9-8-13-4-2-5-14(13)10-15/h3,6-11H,2,4-5,12H2,1H3. The number of ketones is 1. The van der Waals surface area contributed by atoms with E-state index in [-0.39, 0.29) is 12.4 Å². The maximum absolute atomic E-state index is 12.2. The highest BCUT2D eigenvalue weighted by atomic mass is 16.5. The molecule has 1 aliphatic rings. The first-order valence-electron chi connectivity index (χ1n) is 7.18. The van der Waals surface area contributed by atoms with Gasteiger partial charge in [-0.15, -0.1) is 0 Å². The van der Waals surface area contributed by atoms with Crippen molar-refractivity contribution in [1.29, 1.82) is 0 Å². The third-order valence-corrected chi connectivity index (χ3v) is 3.83. The molecule has 0 heterocycles. The zero-order chi connectivity index (χ0) is 14.7. The molecule has 21 heavy (non-hydrogen) atoms. The lowest BCUT2D eigenvalue weighted by Gasteiger charge is -2.08. The summed E-state index contributed by atoms with van der Waals surface area (Å²) in [6.07, 6.45) is 3.39. The maximum Gasteiger partial charge on any atom is 0.200 e. The minimum absolute atomic E-state index is 0.00696. The summed E-state index contributed by atoms with van der Waals surface area (Å²) < 4.78 is 10.7. The topological polar surface area (TPSA) is 35.5 Å². The SMILES string of the molecule is COc1cccc(OCC(=O)c2ccc3c(c2)CCC3)c1. The van der Waals surface area contributed by atoms with E-state index in [1.165, 1.54) is 17.5 Å². The van der Waals surface area contributed by atoms with Crippen LogP contribution in [0.5, 0.6) is 11.5 Å². The van der Waals surface area contributed by atoms with Gasteiger partial charge >= 0.3 is 0 Å². The first-order valence-corrected chi connectivity index (χ1v) is 7.18. The zero-order valence-electron chi connectivity index (χ0n) is 12.1.